The van der Waals surface area contributed by atoms with Crippen LogP contribution in [0.1, 0.15) is 55.6 Å². The Morgan fingerprint density at radius 2 is 2.06 bits per heavy atom. The Balaban J connectivity index is 1.51. The van der Waals surface area contributed by atoms with E-state index in [1.165, 1.54) is 17.6 Å². The summed E-state index contributed by atoms with van der Waals surface area (Å²) in [5, 5.41) is 15.0. The van der Waals surface area contributed by atoms with Crippen molar-refractivity contribution in [2.75, 3.05) is 45.6 Å². The molecule has 2 aliphatic heterocycles. The summed E-state index contributed by atoms with van der Waals surface area (Å²) in [6, 6.07) is 7.89. The van der Waals surface area contributed by atoms with Crippen molar-refractivity contribution in [1.82, 2.24) is 15.1 Å². The summed E-state index contributed by atoms with van der Waals surface area (Å²) in [5.41, 5.74) is 4.40. The zero-order chi connectivity index (χ0) is 24.1. The van der Waals surface area contributed by atoms with E-state index in [2.05, 4.69) is 39.9 Å². The van der Waals surface area contributed by atoms with Gasteiger partial charge in [-0.2, -0.15) is 5.26 Å². The van der Waals surface area contributed by atoms with Crippen molar-refractivity contribution in [1.29, 1.82) is 5.26 Å². The Bertz CT molecular complexity index is 1030. The lowest BCUT2D eigenvalue weighted by atomic mass is 9.85. The molecule has 8 nitrogen and oxygen atoms in total. The minimum atomic E-state index is -0.515. The molecule has 0 radical (unpaired) electrons. The molecule has 1 saturated heterocycles. The van der Waals surface area contributed by atoms with Gasteiger partial charge in [0.1, 0.15) is 0 Å². The number of hydrogen-bond donors (Lipinski definition) is 2. The van der Waals surface area contributed by atoms with Crippen LogP contribution in [0.4, 0.5) is 5.69 Å². The fraction of sp³-hybridized carbons (Fsp3) is 0.538. The number of amidine groups is 1. The van der Waals surface area contributed by atoms with E-state index < -0.39 is 6.04 Å². The smallest absolute Gasteiger partial charge is 0.290 e. The third-order valence-corrected chi connectivity index (χ3v) is 6.81. The van der Waals surface area contributed by atoms with Gasteiger partial charge in [-0.15, -0.1) is 0 Å². The summed E-state index contributed by atoms with van der Waals surface area (Å²) in [7, 11) is 3.84. The first-order valence-corrected chi connectivity index (χ1v) is 12.2. The maximum Gasteiger partial charge on any atom is 0.290 e. The van der Waals surface area contributed by atoms with Crippen LogP contribution in [0.5, 0.6) is 0 Å². The Morgan fingerprint density at radius 3 is 2.71 bits per heavy atom. The standard InChI is InChI=1S/C26H34N6O2/c1-31(2)17-24(33)32-12-10-18(11-13-32)20-8-9-23(22(14-20)19-6-4-3-5-7-19)30-26(34)25-28-16-21(15-27)29-25/h6,8-9,14,18,21H,3-5,7,10-13,16-17H2,1-2H3,(H,28,29)(H,30,34). The monoisotopic (exact) mass is 462 g/mol. The van der Waals surface area contributed by atoms with Crippen molar-refractivity contribution in [2.24, 2.45) is 4.99 Å². The molecule has 3 aliphatic rings. The second-order valence-corrected chi connectivity index (χ2v) is 9.63. The number of likely N-dealkylation sites (N-methyl/N-ethyl adjacent to an activating group) is 1. The van der Waals surface area contributed by atoms with Crippen LogP contribution in [0.2, 0.25) is 0 Å². The van der Waals surface area contributed by atoms with Gasteiger partial charge in [0.15, 0.2) is 11.9 Å². The quantitative estimate of drug-likeness (QED) is 0.677. The predicted molar refractivity (Wildman–Crippen MR) is 133 cm³/mol. The normalized spacial score (nSPS) is 20.9. The molecule has 180 valence electrons. The Morgan fingerprint density at radius 1 is 1.26 bits per heavy atom. The molecule has 1 atom stereocenters. The molecule has 0 aromatic heterocycles. The molecule has 0 bridgehead atoms. The van der Waals surface area contributed by atoms with Gasteiger partial charge in [0.2, 0.25) is 5.91 Å². The number of anilines is 1. The summed E-state index contributed by atoms with van der Waals surface area (Å²) >= 11 is 0. The molecule has 2 amide bonds. The van der Waals surface area contributed by atoms with E-state index in [9.17, 15) is 9.59 Å². The first kappa shape index (κ1) is 24.0. The molecule has 0 spiro atoms. The zero-order valence-electron chi connectivity index (χ0n) is 20.1. The van der Waals surface area contributed by atoms with Gasteiger partial charge in [-0.1, -0.05) is 12.1 Å². The molecule has 1 aliphatic carbocycles. The Kier molecular flexibility index (Phi) is 7.63. The van der Waals surface area contributed by atoms with Crippen molar-refractivity contribution >= 4 is 28.9 Å². The molecule has 34 heavy (non-hydrogen) atoms. The maximum absolute atomic E-state index is 12.8. The number of rotatable bonds is 6. The van der Waals surface area contributed by atoms with E-state index >= 15 is 0 Å². The van der Waals surface area contributed by atoms with E-state index in [0.717, 1.165) is 56.4 Å². The number of aliphatic imine (C=N–C) groups is 1. The van der Waals surface area contributed by atoms with Gasteiger partial charge in [-0.05, 0) is 81.8 Å². The minimum absolute atomic E-state index is 0.191. The highest BCUT2D eigenvalue weighted by Crippen LogP contribution is 2.36. The molecule has 1 fully saturated rings. The van der Waals surface area contributed by atoms with Crippen molar-refractivity contribution in [3.05, 3.63) is 35.4 Å². The van der Waals surface area contributed by atoms with Crippen LogP contribution in [-0.4, -0.2) is 73.8 Å². The predicted octanol–water partition coefficient (Wildman–Crippen LogP) is 2.74. The highest BCUT2D eigenvalue weighted by Gasteiger charge is 2.26. The largest absolute Gasteiger partial charge is 0.362 e. The number of nitrogens with zero attached hydrogens (tertiary/aromatic N) is 4. The van der Waals surface area contributed by atoms with Gasteiger partial charge in [0, 0.05) is 24.3 Å². The van der Waals surface area contributed by atoms with Crippen molar-refractivity contribution in [2.45, 2.75) is 50.5 Å². The van der Waals surface area contributed by atoms with Crippen LogP contribution >= 0.6 is 0 Å². The van der Waals surface area contributed by atoms with Crippen molar-refractivity contribution in [3.63, 3.8) is 0 Å². The van der Waals surface area contributed by atoms with E-state index in [-0.39, 0.29) is 17.6 Å². The summed E-state index contributed by atoms with van der Waals surface area (Å²) in [5.74, 6) is 0.495. The number of nitrogens with one attached hydrogen (secondary N) is 2. The minimum Gasteiger partial charge on any atom is -0.362 e. The fourth-order valence-electron chi connectivity index (χ4n) is 4.94. The van der Waals surface area contributed by atoms with Crippen LogP contribution in [0, 0.1) is 11.3 Å². The lowest BCUT2D eigenvalue weighted by molar-refractivity contribution is -0.132. The van der Waals surface area contributed by atoms with Crippen molar-refractivity contribution in [3.8, 4) is 6.07 Å². The van der Waals surface area contributed by atoms with Crippen LogP contribution in [-0.2, 0) is 9.59 Å². The lowest BCUT2D eigenvalue weighted by Gasteiger charge is -2.33. The van der Waals surface area contributed by atoms with Gasteiger partial charge in [-0.3, -0.25) is 9.59 Å². The van der Waals surface area contributed by atoms with Crippen LogP contribution in [0.3, 0.4) is 0 Å². The zero-order valence-corrected chi connectivity index (χ0v) is 20.1. The number of allylic oxidation sites excluding steroid dienone is 2. The topological polar surface area (TPSA) is 101 Å². The number of amides is 2. The third kappa shape index (κ3) is 5.65. The molecule has 1 aromatic rings. The lowest BCUT2D eigenvalue weighted by Crippen LogP contribution is -2.42. The third-order valence-electron chi connectivity index (χ3n) is 6.81. The van der Waals surface area contributed by atoms with Gasteiger partial charge in [-0.25, -0.2) is 4.99 Å². The Hall–Kier alpha value is -3.18. The molecular formula is C26H34N6O2. The number of benzene rings is 1. The number of carbonyl (C=O) groups excluding carboxylic acids is 2. The van der Waals surface area contributed by atoms with E-state index in [1.807, 2.05) is 30.0 Å². The molecule has 2 N–H and O–H groups in total. The average Bonchev–Trinajstić information content (AvgIpc) is 3.34. The van der Waals surface area contributed by atoms with Gasteiger partial charge in [0.25, 0.3) is 5.91 Å². The van der Waals surface area contributed by atoms with Crippen LogP contribution < -0.4 is 10.6 Å². The molecule has 8 heteroatoms. The Labute approximate surface area is 201 Å². The summed E-state index contributed by atoms with van der Waals surface area (Å²) in [4.78, 5) is 33.3. The highest BCUT2D eigenvalue weighted by molar-refractivity contribution is 6.42. The highest BCUT2D eigenvalue weighted by atomic mass is 16.2. The first-order chi connectivity index (χ1) is 16.4. The van der Waals surface area contributed by atoms with E-state index in [0.29, 0.717) is 19.0 Å². The molecule has 2 heterocycles. The van der Waals surface area contributed by atoms with Gasteiger partial charge < -0.3 is 20.4 Å². The fourth-order valence-corrected chi connectivity index (χ4v) is 4.94. The van der Waals surface area contributed by atoms with Gasteiger partial charge >= 0.3 is 0 Å². The first-order valence-electron chi connectivity index (χ1n) is 12.2. The SMILES string of the molecule is CN(C)CC(=O)N1CCC(c2ccc(NC(=O)C3=NC(C#N)CN3)c(C3=CCCCC3)c2)CC1. The summed E-state index contributed by atoms with van der Waals surface area (Å²) in [6.45, 7) is 2.37. The summed E-state index contributed by atoms with van der Waals surface area (Å²) < 4.78 is 0. The number of likely N-dealkylation sites (tertiary alicyclic amines) is 1. The number of carbonyl (C=O) groups is 2. The molecule has 1 unspecified atom stereocenters. The number of nitriles is 1. The van der Waals surface area contributed by atoms with Crippen molar-refractivity contribution < 1.29 is 9.59 Å². The maximum atomic E-state index is 12.8. The average molecular weight is 463 g/mol. The van der Waals surface area contributed by atoms with E-state index in [4.69, 9.17) is 5.26 Å². The molecular weight excluding hydrogens is 428 g/mol. The molecule has 4 rings (SSSR count). The summed E-state index contributed by atoms with van der Waals surface area (Å²) in [6.07, 6.45) is 8.57. The van der Waals surface area contributed by atoms with Crippen LogP contribution in [0.15, 0.2) is 29.3 Å². The molecule has 1 aromatic carbocycles. The van der Waals surface area contributed by atoms with Crippen LogP contribution in [0.25, 0.3) is 5.57 Å². The molecule has 0 saturated carbocycles. The second-order valence-electron chi connectivity index (χ2n) is 9.63. The number of hydrogen-bond acceptors (Lipinski definition) is 6. The second kappa shape index (κ2) is 10.8. The number of piperidine rings is 1. The van der Waals surface area contributed by atoms with Gasteiger partial charge in [0.05, 0.1) is 19.2 Å². The van der Waals surface area contributed by atoms with E-state index in [1.54, 1.807) is 0 Å².